The number of primary amides is 1. The third kappa shape index (κ3) is 4.44. The van der Waals surface area contributed by atoms with E-state index in [9.17, 15) is 14.4 Å². The minimum Gasteiger partial charge on any atom is -0.455 e. The van der Waals surface area contributed by atoms with Crippen molar-refractivity contribution in [3.8, 4) is 0 Å². The number of nitrogens with two attached hydrogens (primary N) is 1. The van der Waals surface area contributed by atoms with Crippen LogP contribution in [0.3, 0.4) is 0 Å². The summed E-state index contributed by atoms with van der Waals surface area (Å²) >= 11 is 4.14. The number of rotatable bonds is 7. The normalized spacial score (nSPS) is 12.7. The number of hydrogen-bond donors (Lipinski definition) is 2. The molecule has 4 rings (SSSR count). The summed E-state index contributed by atoms with van der Waals surface area (Å²) in [4.78, 5) is 41.4. The zero-order valence-electron chi connectivity index (χ0n) is 15.2. The van der Waals surface area contributed by atoms with E-state index >= 15 is 0 Å². The number of nitrogens with zero attached hydrogens (tertiary/aromatic N) is 1. The van der Waals surface area contributed by atoms with E-state index in [1.807, 2.05) is 24.3 Å². The Morgan fingerprint density at radius 1 is 1.21 bits per heavy atom. The van der Waals surface area contributed by atoms with Gasteiger partial charge in [0.1, 0.15) is 5.00 Å². The molecule has 7 nitrogen and oxygen atoms in total. The Balaban J connectivity index is 1.28. The van der Waals surface area contributed by atoms with Crippen LogP contribution in [0.25, 0.3) is 10.2 Å². The number of carbonyl (C=O) groups is 3. The van der Waals surface area contributed by atoms with E-state index in [0.717, 1.165) is 44.3 Å². The van der Waals surface area contributed by atoms with Gasteiger partial charge in [-0.25, -0.2) is 4.98 Å². The number of thioether (sulfide) groups is 1. The lowest BCUT2D eigenvalue weighted by atomic mass is 10.1. The van der Waals surface area contributed by atoms with Crippen LogP contribution >= 0.6 is 34.4 Å². The molecule has 0 saturated carbocycles. The number of anilines is 1. The molecule has 150 valence electrons. The predicted octanol–water partition coefficient (Wildman–Crippen LogP) is 3.22. The molecule has 0 aliphatic heterocycles. The Morgan fingerprint density at radius 2 is 2.03 bits per heavy atom. The number of amides is 2. The molecule has 1 aromatic carbocycles. The number of hydrogen-bond acceptors (Lipinski definition) is 8. The number of esters is 1. The van der Waals surface area contributed by atoms with E-state index in [1.54, 1.807) is 0 Å². The summed E-state index contributed by atoms with van der Waals surface area (Å²) in [5, 5.41) is 3.09. The number of nitrogens with one attached hydrogen (secondary N) is 1. The number of fused-ring (bicyclic) bond motifs is 2. The molecular formula is C19H17N3O4S3. The lowest BCUT2D eigenvalue weighted by Crippen LogP contribution is -2.23. The fraction of sp³-hybridized carbons (Fsp3) is 0.263. The quantitative estimate of drug-likeness (QED) is 0.425. The first-order valence-electron chi connectivity index (χ1n) is 8.89. The van der Waals surface area contributed by atoms with E-state index in [-0.39, 0.29) is 5.75 Å². The molecule has 2 aromatic heterocycles. The number of benzene rings is 1. The lowest BCUT2D eigenvalue weighted by Gasteiger charge is -2.07. The Kier molecular flexibility index (Phi) is 5.84. The van der Waals surface area contributed by atoms with E-state index in [4.69, 9.17) is 10.5 Å². The largest absolute Gasteiger partial charge is 0.455 e. The number of aromatic nitrogens is 1. The average molecular weight is 448 g/mol. The standard InChI is InChI=1S/C19H17N3O4S3/c20-17(25)16-10-4-3-7-12(10)28-18(16)22-14(23)8-26-15(24)9-27-19-21-11-5-1-2-6-13(11)29-19/h1-2,5-6H,3-4,7-9H2,(H2,20,25)(H,22,23). The molecule has 3 N–H and O–H groups in total. The van der Waals surface area contributed by atoms with Gasteiger partial charge >= 0.3 is 5.97 Å². The smallest absolute Gasteiger partial charge is 0.316 e. The van der Waals surface area contributed by atoms with Crippen molar-refractivity contribution in [2.45, 2.75) is 23.6 Å². The summed E-state index contributed by atoms with van der Waals surface area (Å²) in [5.41, 5.74) is 7.68. The summed E-state index contributed by atoms with van der Waals surface area (Å²) in [6, 6.07) is 7.74. The molecule has 1 aliphatic carbocycles. The van der Waals surface area contributed by atoms with Crippen LogP contribution in [0.5, 0.6) is 0 Å². The maximum atomic E-state index is 12.2. The molecule has 1 aliphatic rings. The summed E-state index contributed by atoms with van der Waals surface area (Å²) in [6.45, 7) is -0.417. The first-order valence-corrected chi connectivity index (χ1v) is 11.5. The molecule has 10 heteroatoms. The van der Waals surface area contributed by atoms with Crippen molar-refractivity contribution in [2.75, 3.05) is 17.7 Å². The fourth-order valence-electron chi connectivity index (χ4n) is 3.14. The van der Waals surface area contributed by atoms with E-state index in [2.05, 4.69) is 10.3 Å². The average Bonchev–Trinajstić information content (AvgIpc) is 3.37. The molecule has 0 unspecified atom stereocenters. The lowest BCUT2D eigenvalue weighted by molar-refractivity contribution is -0.144. The van der Waals surface area contributed by atoms with Crippen LogP contribution in [-0.2, 0) is 27.2 Å². The number of ether oxygens (including phenoxy) is 1. The maximum Gasteiger partial charge on any atom is 0.316 e. The molecule has 2 amide bonds. The van der Waals surface area contributed by atoms with Crippen LogP contribution in [0.2, 0.25) is 0 Å². The van der Waals surface area contributed by atoms with Gasteiger partial charge in [0.05, 0.1) is 21.5 Å². The molecule has 0 bridgehead atoms. The monoisotopic (exact) mass is 447 g/mol. The first-order chi connectivity index (χ1) is 14.0. The van der Waals surface area contributed by atoms with E-state index < -0.39 is 24.4 Å². The Hall–Kier alpha value is -2.43. The van der Waals surface area contributed by atoms with Gasteiger partial charge in [-0.15, -0.1) is 22.7 Å². The summed E-state index contributed by atoms with van der Waals surface area (Å²) in [6.07, 6.45) is 2.66. The summed E-state index contributed by atoms with van der Waals surface area (Å²) < 4.78 is 6.86. The third-order valence-electron chi connectivity index (χ3n) is 4.37. The second kappa shape index (κ2) is 8.52. The number of para-hydroxylation sites is 1. The molecule has 0 saturated heterocycles. The maximum absolute atomic E-state index is 12.2. The summed E-state index contributed by atoms with van der Waals surface area (Å²) in [5.74, 6) is -1.49. The van der Waals surface area contributed by atoms with E-state index in [1.165, 1.54) is 34.4 Å². The highest BCUT2D eigenvalue weighted by Gasteiger charge is 2.26. The Labute approximate surface area is 178 Å². The second-order valence-corrected chi connectivity index (χ2v) is 9.73. The van der Waals surface area contributed by atoms with E-state index in [0.29, 0.717) is 10.6 Å². The van der Waals surface area contributed by atoms with Crippen LogP contribution in [0.1, 0.15) is 27.2 Å². The molecule has 0 radical (unpaired) electrons. The first kappa shape index (κ1) is 19.9. The van der Waals surface area contributed by atoms with Gasteiger partial charge in [0.25, 0.3) is 11.8 Å². The highest BCUT2D eigenvalue weighted by Crippen LogP contribution is 2.38. The van der Waals surface area contributed by atoms with Crippen molar-refractivity contribution in [2.24, 2.45) is 5.73 Å². The number of aryl methyl sites for hydroxylation is 1. The van der Waals surface area contributed by atoms with Crippen LogP contribution in [0, 0.1) is 0 Å². The van der Waals surface area contributed by atoms with Crippen LogP contribution in [0.4, 0.5) is 5.00 Å². The van der Waals surface area contributed by atoms with Crippen molar-refractivity contribution >= 4 is 67.4 Å². The third-order valence-corrected chi connectivity index (χ3v) is 7.73. The number of thiazole rings is 1. The van der Waals surface area contributed by atoms with Gasteiger partial charge in [0.2, 0.25) is 0 Å². The molecule has 2 heterocycles. The highest BCUT2D eigenvalue weighted by atomic mass is 32.2. The topological polar surface area (TPSA) is 111 Å². The van der Waals surface area contributed by atoms with Gasteiger partial charge in [-0.05, 0) is 37.0 Å². The predicted molar refractivity (Wildman–Crippen MR) is 115 cm³/mol. The van der Waals surface area contributed by atoms with Crippen molar-refractivity contribution in [1.82, 2.24) is 4.98 Å². The van der Waals surface area contributed by atoms with Crippen molar-refractivity contribution < 1.29 is 19.1 Å². The zero-order valence-corrected chi connectivity index (χ0v) is 17.7. The number of thiophene rings is 1. The highest BCUT2D eigenvalue weighted by molar-refractivity contribution is 8.01. The van der Waals surface area contributed by atoms with Gasteiger partial charge in [-0.2, -0.15) is 0 Å². The number of carbonyl (C=O) groups excluding carboxylic acids is 3. The van der Waals surface area contributed by atoms with Gasteiger partial charge < -0.3 is 15.8 Å². The molecule has 29 heavy (non-hydrogen) atoms. The SMILES string of the molecule is NC(=O)c1c(NC(=O)COC(=O)CSc2nc3ccccc3s2)sc2c1CCC2. The van der Waals surface area contributed by atoms with Gasteiger partial charge in [0.15, 0.2) is 10.9 Å². The molecule has 0 fully saturated rings. The molecule has 0 spiro atoms. The minimum absolute atomic E-state index is 0.0624. The Bertz CT molecular complexity index is 1070. The van der Waals surface area contributed by atoms with Gasteiger partial charge in [-0.1, -0.05) is 23.9 Å². The molecule has 3 aromatic rings. The van der Waals surface area contributed by atoms with Crippen LogP contribution in [-0.4, -0.2) is 35.1 Å². The Morgan fingerprint density at radius 3 is 2.83 bits per heavy atom. The van der Waals surface area contributed by atoms with Crippen molar-refractivity contribution in [3.05, 3.63) is 40.3 Å². The zero-order chi connectivity index (χ0) is 20.4. The van der Waals surface area contributed by atoms with Gasteiger partial charge in [-0.3, -0.25) is 14.4 Å². The van der Waals surface area contributed by atoms with Crippen molar-refractivity contribution in [1.29, 1.82) is 0 Å². The van der Waals surface area contributed by atoms with Gasteiger partial charge in [0, 0.05) is 4.88 Å². The van der Waals surface area contributed by atoms with Crippen molar-refractivity contribution in [3.63, 3.8) is 0 Å². The second-order valence-electron chi connectivity index (χ2n) is 6.37. The summed E-state index contributed by atoms with van der Waals surface area (Å²) in [7, 11) is 0. The van der Waals surface area contributed by atoms with Crippen LogP contribution < -0.4 is 11.1 Å². The molecular weight excluding hydrogens is 430 g/mol. The minimum atomic E-state index is -0.552. The fourth-order valence-corrected chi connectivity index (χ4v) is 6.31. The van der Waals surface area contributed by atoms with Crippen LogP contribution in [0.15, 0.2) is 28.6 Å². The molecule has 0 atom stereocenters.